The normalized spacial score (nSPS) is 16.4. The first-order chi connectivity index (χ1) is 14.1. The lowest BCUT2D eigenvalue weighted by atomic mass is 9.93. The van der Waals surface area contributed by atoms with Gasteiger partial charge in [0.05, 0.1) is 25.4 Å². The van der Waals surface area contributed by atoms with Crippen LogP contribution in [0.15, 0.2) is 78.7 Å². The number of carbonyl (C=O) groups excluding carboxylic acids is 1. The van der Waals surface area contributed by atoms with Gasteiger partial charge in [-0.2, -0.15) is 0 Å². The van der Waals surface area contributed by atoms with E-state index in [4.69, 9.17) is 16.3 Å². The second-order valence-electron chi connectivity index (χ2n) is 6.70. The summed E-state index contributed by atoms with van der Waals surface area (Å²) in [5.74, 6) is 0.0130. The molecule has 0 bridgehead atoms. The molecule has 0 unspecified atom stereocenters. The Balaban J connectivity index is 1.80. The third kappa shape index (κ3) is 3.69. The highest BCUT2D eigenvalue weighted by Gasteiger charge is 2.41. The number of methoxy groups -OCH3 is 1. The van der Waals surface area contributed by atoms with Gasteiger partial charge in [-0.05, 0) is 47.5 Å². The van der Waals surface area contributed by atoms with E-state index in [2.05, 4.69) is 4.98 Å². The summed E-state index contributed by atoms with van der Waals surface area (Å²) >= 11 is 6.06. The van der Waals surface area contributed by atoms with Gasteiger partial charge in [-0.3, -0.25) is 9.78 Å². The number of halogens is 1. The summed E-state index contributed by atoms with van der Waals surface area (Å²) in [7, 11) is 1.59. The molecule has 1 aromatic heterocycles. The van der Waals surface area contributed by atoms with Crippen LogP contribution < -0.4 is 4.74 Å². The van der Waals surface area contributed by atoms with Crippen LogP contribution in [0.1, 0.15) is 22.9 Å². The summed E-state index contributed by atoms with van der Waals surface area (Å²) in [6, 6.07) is 19.7. The van der Waals surface area contributed by atoms with Gasteiger partial charge in [0.1, 0.15) is 5.75 Å². The Morgan fingerprint density at radius 1 is 1.07 bits per heavy atom. The van der Waals surface area contributed by atoms with Crippen molar-refractivity contribution in [2.24, 2.45) is 0 Å². The molecule has 0 saturated carbocycles. The van der Waals surface area contributed by atoms with Gasteiger partial charge in [0.15, 0.2) is 5.76 Å². The molecule has 29 heavy (non-hydrogen) atoms. The molecular formula is C23H19ClN2O3. The highest BCUT2D eigenvalue weighted by Crippen LogP contribution is 2.44. The van der Waals surface area contributed by atoms with Crippen molar-refractivity contribution < 1.29 is 14.6 Å². The monoisotopic (exact) mass is 406 g/mol. The van der Waals surface area contributed by atoms with Gasteiger partial charge < -0.3 is 14.7 Å². The number of hydrogen-bond donors (Lipinski definition) is 1. The Morgan fingerprint density at radius 3 is 2.41 bits per heavy atom. The Labute approximate surface area is 173 Å². The number of aliphatic hydroxyl groups excluding tert-OH is 1. The van der Waals surface area contributed by atoms with Crippen molar-refractivity contribution in [2.45, 2.75) is 12.6 Å². The molecule has 1 aliphatic heterocycles. The second-order valence-corrected chi connectivity index (χ2v) is 7.14. The van der Waals surface area contributed by atoms with Crippen LogP contribution in [0.4, 0.5) is 0 Å². The van der Waals surface area contributed by atoms with E-state index in [0.717, 1.165) is 16.8 Å². The highest BCUT2D eigenvalue weighted by molar-refractivity contribution is 6.30. The predicted octanol–water partition coefficient (Wildman–Crippen LogP) is 4.80. The minimum atomic E-state index is -0.463. The predicted molar refractivity (Wildman–Crippen MR) is 112 cm³/mol. The van der Waals surface area contributed by atoms with E-state index in [0.29, 0.717) is 16.3 Å². The van der Waals surface area contributed by atoms with Crippen LogP contribution in [0, 0.1) is 0 Å². The third-order valence-electron chi connectivity index (χ3n) is 4.95. The maximum Gasteiger partial charge on any atom is 0.290 e. The molecule has 0 saturated heterocycles. The van der Waals surface area contributed by atoms with Crippen molar-refractivity contribution in [3.63, 3.8) is 0 Å². The molecule has 2 heterocycles. The first kappa shape index (κ1) is 19.0. The van der Waals surface area contributed by atoms with Gasteiger partial charge in [-0.25, -0.2) is 0 Å². The summed E-state index contributed by atoms with van der Waals surface area (Å²) in [5, 5.41) is 11.4. The van der Waals surface area contributed by atoms with Crippen molar-refractivity contribution in [2.75, 3.05) is 7.11 Å². The molecule has 1 N–H and O–H groups in total. The maximum atomic E-state index is 13.0. The van der Waals surface area contributed by atoms with Crippen LogP contribution in [0.3, 0.4) is 0 Å². The van der Waals surface area contributed by atoms with Crippen LogP contribution in [-0.4, -0.2) is 28.0 Å². The molecule has 146 valence electrons. The van der Waals surface area contributed by atoms with Crippen LogP contribution >= 0.6 is 11.6 Å². The molecule has 3 aromatic rings. The second kappa shape index (κ2) is 7.97. The van der Waals surface area contributed by atoms with Crippen LogP contribution in [-0.2, 0) is 11.3 Å². The minimum Gasteiger partial charge on any atom is -0.503 e. The quantitative estimate of drug-likeness (QED) is 0.661. The van der Waals surface area contributed by atoms with E-state index in [1.54, 1.807) is 42.5 Å². The first-order valence-corrected chi connectivity index (χ1v) is 9.50. The lowest BCUT2D eigenvalue weighted by Crippen LogP contribution is -2.30. The van der Waals surface area contributed by atoms with Crippen molar-refractivity contribution in [3.05, 3.63) is 101 Å². The molecule has 5 nitrogen and oxygen atoms in total. The number of amides is 1. The molecule has 1 aliphatic rings. The molecule has 4 rings (SSSR count). The van der Waals surface area contributed by atoms with Gasteiger partial charge >= 0.3 is 0 Å². The lowest BCUT2D eigenvalue weighted by Gasteiger charge is -2.27. The first-order valence-electron chi connectivity index (χ1n) is 9.12. The average molecular weight is 407 g/mol. The summed E-state index contributed by atoms with van der Waals surface area (Å²) < 4.78 is 5.23. The van der Waals surface area contributed by atoms with E-state index < -0.39 is 11.9 Å². The van der Waals surface area contributed by atoms with Crippen molar-refractivity contribution in [3.8, 4) is 5.75 Å². The fraction of sp³-hybridized carbons (Fsp3) is 0.130. The zero-order valence-corrected chi connectivity index (χ0v) is 16.5. The largest absolute Gasteiger partial charge is 0.503 e. The molecule has 0 aliphatic carbocycles. The Morgan fingerprint density at radius 2 is 1.79 bits per heavy atom. The van der Waals surface area contributed by atoms with Gasteiger partial charge in [-0.15, -0.1) is 0 Å². The highest BCUT2D eigenvalue weighted by atomic mass is 35.5. The molecule has 0 fully saturated rings. The van der Waals surface area contributed by atoms with Gasteiger partial charge in [0.2, 0.25) is 0 Å². The van der Waals surface area contributed by atoms with E-state index in [-0.39, 0.29) is 12.3 Å². The summed E-state index contributed by atoms with van der Waals surface area (Å²) in [4.78, 5) is 19.0. The van der Waals surface area contributed by atoms with Crippen molar-refractivity contribution in [1.29, 1.82) is 0 Å². The lowest BCUT2D eigenvalue weighted by molar-refractivity contribution is -0.130. The van der Waals surface area contributed by atoms with E-state index in [9.17, 15) is 9.90 Å². The van der Waals surface area contributed by atoms with Gasteiger partial charge in [-0.1, -0.05) is 41.9 Å². The van der Waals surface area contributed by atoms with Crippen molar-refractivity contribution in [1.82, 2.24) is 9.88 Å². The molecule has 1 atom stereocenters. The fourth-order valence-corrected chi connectivity index (χ4v) is 3.67. The molecule has 1 amide bonds. The summed E-state index contributed by atoms with van der Waals surface area (Å²) in [5.41, 5.74) is 2.90. The van der Waals surface area contributed by atoms with E-state index in [1.165, 1.54) is 0 Å². The summed E-state index contributed by atoms with van der Waals surface area (Å²) in [6.07, 6.45) is 1.69. The fourth-order valence-electron chi connectivity index (χ4n) is 3.54. The number of nitrogens with zero attached hydrogens (tertiary/aromatic N) is 2. The number of rotatable bonds is 5. The molecule has 6 heteroatoms. The number of ether oxygens (including phenoxy) is 1. The molecule has 0 spiro atoms. The number of hydrogen-bond acceptors (Lipinski definition) is 4. The number of aromatic nitrogens is 1. The van der Waals surface area contributed by atoms with Gasteiger partial charge in [0.25, 0.3) is 5.91 Å². The molecular weight excluding hydrogens is 388 g/mol. The SMILES string of the molecule is COc1ccc(C2=C(O)C(=O)N(Cc3ccccn3)[C@H]2c2ccc(Cl)cc2)cc1. The number of benzene rings is 2. The number of aliphatic hydroxyl groups is 1. The zero-order chi connectivity index (χ0) is 20.4. The van der Waals surface area contributed by atoms with Gasteiger partial charge in [0, 0.05) is 16.8 Å². The average Bonchev–Trinajstić information content (AvgIpc) is 3.00. The molecule has 2 aromatic carbocycles. The third-order valence-corrected chi connectivity index (χ3v) is 5.20. The van der Waals surface area contributed by atoms with Crippen LogP contribution in [0.25, 0.3) is 5.57 Å². The van der Waals surface area contributed by atoms with Crippen molar-refractivity contribution >= 4 is 23.1 Å². The van der Waals surface area contributed by atoms with E-state index >= 15 is 0 Å². The maximum absolute atomic E-state index is 13.0. The summed E-state index contributed by atoms with van der Waals surface area (Å²) in [6.45, 7) is 0.274. The Kier molecular flexibility index (Phi) is 5.23. The van der Waals surface area contributed by atoms with Crippen LogP contribution in [0.5, 0.6) is 5.75 Å². The smallest absolute Gasteiger partial charge is 0.290 e. The standard InChI is InChI=1S/C23H19ClN2O3/c1-29-19-11-7-15(8-12-19)20-21(16-5-9-17(24)10-6-16)26(23(28)22(20)27)14-18-4-2-3-13-25-18/h2-13,21,27H,14H2,1H3/t21-/m0/s1. The molecule has 0 radical (unpaired) electrons. The number of carbonyl (C=O) groups is 1. The zero-order valence-electron chi connectivity index (χ0n) is 15.7. The number of pyridine rings is 1. The minimum absolute atomic E-state index is 0.258. The topological polar surface area (TPSA) is 62.7 Å². The van der Waals surface area contributed by atoms with Crippen LogP contribution in [0.2, 0.25) is 5.02 Å². The Bertz CT molecular complexity index is 1050. The Hall–Kier alpha value is -3.31. The van der Waals surface area contributed by atoms with E-state index in [1.807, 2.05) is 42.5 Å².